The van der Waals surface area contributed by atoms with Crippen molar-refractivity contribution in [2.75, 3.05) is 0 Å². The van der Waals surface area contributed by atoms with Crippen molar-refractivity contribution in [1.29, 1.82) is 0 Å². The Bertz CT molecular complexity index is 1290. The molecule has 0 N–H and O–H groups in total. The highest BCUT2D eigenvalue weighted by molar-refractivity contribution is 6.02. The Balaban J connectivity index is 0.00000226. The van der Waals surface area contributed by atoms with E-state index in [4.69, 9.17) is 0 Å². The summed E-state index contributed by atoms with van der Waals surface area (Å²) in [4.78, 5) is 50.5. The smallest absolute Gasteiger partial charge is 0.163 e. The van der Waals surface area contributed by atoms with E-state index in [1.165, 1.54) is 30.0 Å². The minimum absolute atomic E-state index is 0.0113. The second-order valence-electron chi connectivity index (χ2n) is 13.3. The minimum atomic E-state index is -0.130. The number of aryl methyl sites for hydroxylation is 3. The highest BCUT2D eigenvalue weighted by Gasteiger charge is 2.34. The number of benzene rings is 2. The molecule has 0 saturated carbocycles. The van der Waals surface area contributed by atoms with Gasteiger partial charge in [-0.3, -0.25) is 19.2 Å². The maximum absolute atomic E-state index is 13.7. The fraction of sp³-hybridized carbons (Fsp3) is 0.610. The van der Waals surface area contributed by atoms with Crippen molar-refractivity contribution < 1.29 is 19.2 Å². The van der Waals surface area contributed by atoms with Crippen LogP contribution >= 0.6 is 0 Å². The van der Waals surface area contributed by atoms with Crippen LogP contribution in [0.3, 0.4) is 0 Å². The molecule has 0 heterocycles. The molecule has 0 aliphatic heterocycles. The maximum atomic E-state index is 13.7. The summed E-state index contributed by atoms with van der Waals surface area (Å²) in [5, 5.41) is 0. The van der Waals surface area contributed by atoms with Gasteiger partial charge < -0.3 is 0 Å². The van der Waals surface area contributed by atoms with Crippen LogP contribution < -0.4 is 0 Å². The number of Topliss-reactive ketones (excluding diaryl/α,β-unsaturated/α-hetero) is 4. The molecule has 0 fully saturated rings. The Labute approximate surface area is 274 Å². The van der Waals surface area contributed by atoms with E-state index in [0.29, 0.717) is 25.0 Å². The highest BCUT2D eigenvalue weighted by atomic mass is 16.1. The van der Waals surface area contributed by atoms with Crippen LogP contribution in [0.15, 0.2) is 30.3 Å². The van der Waals surface area contributed by atoms with Crippen LogP contribution in [0.2, 0.25) is 0 Å². The molecule has 0 saturated heterocycles. The predicted octanol–water partition coefficient (Wildman–Crippen LogP) is 10.5. The summed E-state index contributed by atoms with van der Waals surface area (Å²) in [6, 6.07) is 11.0. The lowest BCUT2D eigenvalue weighted by Crippen LogP contribution is -2.30. The van der Waals surface area contributed by atoms with Crippen LogP contribution in [-0.2, 0) is 33.6 Å². The highest BCUT2D eigenvalue weighted by Crippen LogP contribution is 2.41. The lowest BCUT2D eigenvalue weighted by molar-refractivity contribution is -0.130. The van der Waals surface area contributed by atoms with Gasteiger partial charge in [-0.25, -0.2) is 0 Å². The number of fused-ring (bicyclic) bond motifs is 1. The molecule has 0 spiro atoms. The Morgan fingerprint density at radius 3 is 2.20 bits per heavy atom. The van der Waals surface area contributed by atoms with Crippen LogP contribution in [0, 0.1) is 24.7 Å². The van der Waals surface area contributed by atoms with Gasteiger partial charge in [0.2, 0.25) is 0 Å². The van der Waals surface area contributed by atoms with E-state index in [1.807, 2.05) is 20.8 Å². The Kier molecular flexibility index (Phi) is 16.7. The van der Waals surface area contributed by atoms with Gasteiger partial charge in [-0.1, -0.05) is 91.1 Å². The molecule has 1 aliphatic carbocycles. The van der Waals surface area contributed by atoms with Gasteiger partial charge in [0.25, 0.3) is 0 Å². The van der Waals surface area contributed by atoms with Crippen LogP contribution in [0.1, 0.15) is 152 Å². The molecule has 3 unspecified atom stereocenters. The maximum Gasteiger partial charge on any atom is 0.163 e. The molecular formula is C41H60O4. The summed E-state index contributed by atoms with van der Waals surface area (Å²) in [5.74, 6) is 0.774. The minimum Gasteiger partial charge on any atom is -0.300 e. The van der Waals surface area contributed by atoms with Crippen molar-refractivity contribution in [3.63, 3.8) is 0 Å². The SMILES string of the molecule is CCC.CCCC(=O)CCCc1ccc(CC)c(-c2ccc(C)c3c2CC(CC(CCC)C(CC)C(=O)CC(C)=O)CC3=O)c1. The van der Waals surface area contributed by atoms with E-state index in [0.717, 1.165) is 80.0 Å². The Hall–Kier alpha value is -2.88. The summed E-state index contributed by atoms with van der Waals surface area (Å²) >= 11 is 0. The molecule has 0 amide bonds. The lowest BCUT2D eigenvalue weighted by Gasteiger charge is -2.33. The van der Waals surface area contributed by atoms with Gasteiger partial charge in [-0.2, -0.15) is 0 Å². The molecule has 3 rings (SSSR count). The lowest BCUT2D eigenvalue weighted by atomic mass is 9.71. The second-order valence-corrected chi connectivity index (χ2v) is 13.3. The van der Waals surface area contributed by atoms with Crippen LogP contribution in [0.4, 0.5) is 0 Å². The van der Waals surface area contributed by atoms with Gasteiger partial charge in [-0.15, -0.1) is 0 Å². The zero-order chi connectivity index (χ0) is 33.5. The van der Waals surface area contributed by atoms with Crippen LogP contribution in [0.25, 0.3) is 11.1 Å². The molecule has 4 heteroatoms. The van der Waals surface area contributed by atoms with Crippen molar-refractivity contribution in [2.24, 2.45) is 17.8 Å². The summed E-state index contributed by atoms with van der Waals surface area (Å²) in [6.07, 6.45) is 10.9. The molecule has 4 nitrogen and oxygen atoms in total. The van der Waals surface area contributed by atoms with Gasteiger partial charge in [0, 0.05) is 30.7 Å². The fourth-order valence-electron chi connectivity index (χ4n) is 7.22. The molecule has 248 valence electrons. The summed E-state index contributed by atoms with van der Waals surface area (Å²) in [6.45, 7) is 16.2. The number of ketones is 4. The monoisotopic (exact) mass is 616 g/mol. The second kappa shape index (κ2) is 19.6. The molecule has 45 heavy (non-hydrogen) atoms. The third kappa shape index (κ3) is 11.2. The van der Waals surface area contributed by atoms with Crippen molar-refractivity contribution in [3.05, 3.63) is 58.1 Å². The van der Waals surface area contributed by atoms with Gasteiger partial charge in [-0.05, 0) is 104 Å². The van der Waals surface area contributed by atoms with Crippen molar-refractivity contribution in [1.82, 2.24) is 0 Å². The molecule has 2 aromatic carbocycles. The molecule has 3 atom stereocenters. The zero-order valence-corrected chi connectivity index (χ0v) is 29.7. The number of hydrogen-bond acceptors (Lipinski definition) is 4. The van der Waals surface area contributed by atoms with Crippen LogP contribution in [0.5, 0.6) is 0 Å². The van der Waals surface area contributed by atoms with E-state index >= 15 is 0 Å². The molecule has 0 bridgehead atoms. The van der Waals surface area contributed by atoms with E-state index in [2.05, 4.69) is 58.0 Å². The first kappa shape index (κ1) is 38.3. The van der Waals surface area contributed by atoms with Crippen molar-refractivity contribution in [3.8, 4) is 11.1 Å². The first-order valence-corrected chi connectivity index (χ1v) is 17.9. The fourth-order valence-corrected chi connectivity index (χ4v) is 7.22. The number of rotatable bonds is 17. The summed E-state index contributed by atoms with van der Waals surface area (Å²) in [5.41, 5.74) is 7.93. The third-order valence-electron chi connectivity index (χ3n) is 9.20. The van der Waals surface area contributed by atoms with Crippen molar-refractivity contribution in [2.45, 2.75) is 145 Å². The first-order chi connectivity index (χ1) is 21.5. The molecule has 0 aromatic heterocycles. The molecule has 2 aromatic rings. The molecular weight excluding hydrogens is 556 g/mol. The van der Waals surface area contributed by atoms with Crippen molar-refractivity contribution >= 4 is 23.1 Å². The first-order valence-electron chi connectivity index (χ1n) is 17.9. The Morgan fingerprint density at radius 2 is 1.60 bits per heavy atom. The quantitative estimate of drug-likeness (QED) is 0.166. The average molecular weight is 617 g/mol. The molecule has 1 aliphatic rings. The number of carbonyl (C=O) groups is 4. The average Bonchev–Trinajstić information content (AvgIpc) is 2.98. The van der Waals surface area contributed by atoms with E-state index in [1.54, 1.807) is 0 Å². The normalized spacial score (nSPS) is 15.5. The largest absolute Gasteiger partial charge is 0.300 e. The van der Waals surface area contributed by atoms with Gasteiger partial charge >= 0.3 is 0 Å². The molecule has 0 radical (unpaired) electrons. The Morgan fingerprint density at radius 1 is 0.889 bits per heavy atom. The van der Waals surface area contributed by atoms with Gasteiger partial charge in [0.1, 0.15) is 17.3 Å². The van der Waals surface area contributed by atoms with Crippen LogP contribution in [-0.4, -0.2) is 23.1 Å². The standard InChI is InChI=1S/C38H52O4.C3H8/c1-7-12-30(32(10-4)36(41)20-26(6)39)21-28-23-35-33(19-16-25(5)38(35)37(42)24-28)34-22-27(17-18-29(34)9-3)14-11-15-31(40)13-8-2;1-3-2/h16-19,22,28,30,32H,7-15,20-21,23-24H2,1-6H3;3H2,1-2H3. The third-order valence-corrected chi connectivity index (χ3v) is 9.20. The number of hydrogen-bond donors (Lipinski definition) is 0. The van der Waals surface area contributed by atoms with Gasteiger partial charge in [0.15, 0.2) is 5.78 Å². The predicted molar refractivity (Wildman–Crippen MR) is 188 cm³/mol. The van der Waals surface area contributed by atoms with E-state index < -0.39 is 0 Å². The van der Waals surface area contributed by atoms with E-state index in [9.17, 15) is 19.2 Å². The number of carbonyl (C=O) groups excluding carboxylic acids is 4. The topological polar surface area (TPSA) is 68.3 Å². The van der Waals surface area contributed by atoms with Gasteiger partial charge in [0.05, 0.1) is 6.42 Å². The van der Waals surface area contributed by atoms with E-state index in [-0.39, 0.29) is 41.5 Å². The summed E-state index contributed by atoms with van der Waals surface area (Å²) in [7, 11) is 0. The zero-order valence-electron chi connectivity index (χ0n) is 29.7. The summed E-state index contributed by atoms with van der Waals surface area (Å²) < 4.78 is 0.